The topological polar surface area (TPSA) is 99.9 Å². The number of hydrogen-bond acceptors (Lipinski definition) is 8. The number of halogens is 1. The molecule has 1 unspecified atom stereocenters. The van der Waals surface area contributed by atoms with Crippen LogP contribution in [0.25, 0.3) is 5.65 Å². The molecule has 3 aromatic rings. The molecule has 0 bridgehead atoms. The lowest BCUT2D eigenvalue weighted by molar-refractivity contribution is 0.102. The molecule has 3 aromatic heterocycles. The van der Waals surface area contributed by atoms with Gasteiger partial charge < -0.3 is 24.7 Å². The number of aryl methyl sites for hydroxylation is 1. The summed E-state index contributed by atoms with van der Waals surface area (Å²) in [7, 11) is 0. The van der Waals surface area contributed by atoms with E-state index in [1.165, 1.54) is 12.3 Å². The van der Waals surface area contributed by atoms with Gasteiger partial charge in [-0.15, -0.1) is 0 Å². The van der Waals surface area contributed by atoms with Crippen molar-refractivity contribution < 1.29 is 13.9 Å². The first-order valence-corrected chi connectivity index (χ1v) is 11.7. The Balaban J connectivity index is 1.33. The summed E-state index contributed by atoms with van der Waals surface area (Å²) in [4.78, 5) is 30.8. The number of rotatable bonds is 6. The van der Waals surface area contributed by atoms with Gasteiger partial charge in [0.25, 0.3) is 5.91 Å². The van der Waals surface area contributed by atoms with Crippen molar-refractivity contribution in [2.24, 2.45) is 0 Å². The number of carbonyl (C=O) groups is 1. The van der Waals surface area contributed by atoms with E-state index in [1.807, 2.05) is 6.92 Å². The van der Waals surface area contributed by atoms with E-state index in [2.05, 4.69) is 35.4 Å². The van der Waals surface area contributed by atoms with E-state index >= 15 is 0 Å². The smallest absolute Gasteiger partial charge is 0.262 e. The van der Waals surface area contributed by atoms with Crippen molar-refractivity contribution >= 4 is 23.2 Å². The van der Waals surface area contributed by atoms with E-state index in [1.54, 1.807) is 23.7 Å². The van der Waals surface area contributed by atoms with Crippen molar-refractivity contribution in [3.8, 4) is 5.88 Å². The maximum atomic E-state index is 14.4. The fourth-order valence-electron chi connectivity index (χ4n) is 4.63. The van der Waals surface area contributed by atoms with E-state index in [-0.39, 0.29) is 17.1 Å². The number of amides is 1. The Morgan fingerprint density at radius 3 is 2.88 bits per heavy atom. The molecule has 10 nitrogen and oxygen atoms in total. The fourth-order valence-corrected chi connectivity index (χ4v) is 4.63. The molecule has 2 fully saturated rings. The molecule has 11 heteroatoms. The van der Waals surface area contributed by atoms with Crippen molar-refractivity contribution in [1.29, 1.82) is 0 Å². The largest absolute Gasteiger partial charge is 0.477 e. The Morgan fingerprint density at radius 2 is 2.09 bits per heavy atom. The van der Waals surface area contributed by atoms with Gasteiger partial charge in [-0.05, 0) is 20.3 Å². The lowest BCUT2D eigenvalue weighted by Gasteiger charge is -2.32. The molecule has 0 radical (unpaired) electrons. The number of anilines is 2. The Kier molecular flexibility index (Phi) is 6.29. The van der Waals surface area contributed by atoms with Crippen LogP contribution in [0.5, 0.6) is 5.88 Å². The van der Waals surface area contributed by atoms with Crippen LogP contribution in [0.1, 0.15) is 29.4 Å². The minimum Gasteiger partial charge on any atom is -0.477 e. The molecule has 0 aromatic carbocycles. The highest BCUT2D eigenvalue weighted by Crippen LogP contribution is 2.25. The average molecular weight is 469 g/mol. The first-order valence-electron chi connectivity index (χ1n) is 11.7. The van der Waals surface area contributed by atoms with Crippen LogP contribution in [0.3, 0.4) is 0 Å². The summed E-state index contributed by atoms with van der Waals surface area (Å²) in [5.41, 5.74) is 1.40. The molecule has 2 saturated heterocycles. The average Bonchev–Trinajstić information content (AvgIpc) is 3.47. The van der Waals surface area contributed by atoms with E-state index in [0.717, 1.165) is 45.7 Å². The van der Waals surface area contributed by atoms with Gasteiger partial charge in [-0.25, -0.2) is 14.4 Å². The van der Waals surface area contributed by atoms with E-state index < -0.39 is 11.7 Å². The zero-order valence-electron chi connectivity index (χ0n) is 19.4. The highest BCUT2D eigenvalue weighted by atomic mass is 19.1. The van der Waals surface area contributed by atoms with Crippen molar-refractivity contribution in [2.75, 3.05) is 56.1 Å². The zero-order valence-corrected chi connectivity index (χ0v) is 19.4. The zero-order chi connectivity index (χ0) is 23.7. The van der Waals surface area contributed by atoms with Gasteiger partial charge in [-0.2, -0.15) is 4.98 Å². The van der Waals surface area contributed by atoms with Crippen molar-refractivity contribution in [3.63, 3.8) is 0 Å². The Labute approximate surface area is 197 Å². The Hall–Kier alpha value is -3.31. The first kappa shape index (κ1) is 22.5. The van der Waals surface area contributed by atoms with Crippen LogP contribution in [0, 0.1) is 12.7 Å². The Morgan fingerprint density at radius 1 is 1.26 bits per heavy atom. The maximum absolute atomic E-state index is 14.4. The molecular weight excluding hydrogens is 439 g/mol. The van der Waals surface area contributed by atoms with Gasteiger partial charge >= 0.3 is 0 Å². The van der Waals surface area contributed by atoms with Crippen LogP contribution < -0.4 is 20.3 Å². The highest BCUT2D eigenvalue weighted by Gasteiger charge is 2.30. The van der Waals surface area contributed by atoms with Gasteiger partial charge in [-0.1, -0.05) is 0 Å². The summed E-state index contributed by atoms with van der Waals surface area (Å²) in [6, 6.07) is 1.72. The number of nitrogens with one attached hydrogen (secondary N) is 2. The summed E-state index contributed by atoms with van der Waals surface area (Å²) in [6.07, 6.45) is 5.85. The van der Waals surface area contributed by atoms with Crippen LogP contribution >= 0.6 is 0 Å². The van der Waals surface area contributed by atoms with Gasteiger partial charge in [0.15, 0.2) is 11.5 Å². The van der Waals surface area contributed by atoms with E-state index in [4.69, 9.17) is 4.74 Å². The number of ether oxygens (including phenoxy) is 1. The lowest BCUT2D eigenvalue weighted by Crippen LogP contribution is -2.49. The maximum Gasteiger partial charge on any atom is 0.262 e. The fraction of sp³-hybridized carbons (Fsp3) is 0.478. The Bertz CT molecular complexity index is 1190. The van der Waals surface area contributed by atoms with Gasteiger partial charge in [0.1, 0.15) is 5.56 Å². The molecule has 2 aliphatic heterocycles. The second-order valence-electron chi connectivity index (χ2n) is 8.64. The third-order valence-electron chi connectivity index (χ3n) is 6.27. The second-order valence-corrected chi connectivity index (χ2v) is 8.64. The number of carbonyl (C=O) groups excluding carboxylic acids is 1. The van der Waals surface area contributed by atoms with E-state index in [0.29, 0.717) is 30.0 Å². The third-order valence-corrected chi connectivity index (χ3v) is 6.27. The summed E-state index contributed by atoms with van der Waals surface area (Å²) in [5.74, 6) is -0.212. The molecule has 5 rings (SSSR count). The van der Waals surface area contributed by atoms with Crippen LogP contribution in [-0.4, -0.2) is 82.1 Å². The normalized spacial score (nSPS) is 19.0. The van der Waals surface area contributed by atoms with Crippen molar-refractivity contribution in [3.05, 3.63) is 41.7 Å². The SMILES string of the molecule is CCOc1nc(N2CCC(N3CCNCC3)C2)ncc1C(=O)Nc1cc(F)c2nc(C)cn2c1. The molecule has 180 valence electrons. The molecule has 0 aliphatic carbocycles. The van der Waals surface area contributed by atoms with Gasteiger partial charge in [0.2, 0.25) is 11.8 Å². The number of imidazole rings is 1. The summed E-state index contributed by atoms with van der Waals surface area (Å²) in [6.45, 7) is 9.81. The van der Waals surface area contributed by atoms with E-state index in [9.17, 15) is 9.18 Å². The molecule has 2 aliphatic rings. The molecule has 34 heavy (non-hydrogen) atoms. The molecule has 0 spiro atoms. The second kappa shape index (κ2) is 9.51. The van der Waals surface area contributed by atoms with Crippen LogP contribution in [0.15, 0.2) is 24.7 Å². The highest BCUT2D eigenvalue weighted by molar-refractivity contribution is 6.05. The number of nitrogens with zero attached hydrogens (tertiary/aromatic N) is 6. The third kappa shape index (κ3) is 4.53. The standard InChI is InChI=1S/C23H29FN8O2/c1-3-34-22-18(21(33)28-16-10-19(24)20-27-15(2)12-32(20)13-16)11-26-23(29-22)31-7-4-17(14-31)30-8-5-25-6-9-30/h10-13,17,25H,3-9,14H2,1-2H3,(H,28,33). The first-order chi connectivity index (χ1) is 16.5. The number of pyridine rings is 1. The van der Waals surface area contributed by atoms with Crippen LogP contribution in [0.4, 0.5) is 16.0 Å². The van der Waals surface area contributed by atoms with Crippen LogP contribution in [-0.2, 0) is 0 Å². The predicted molar refractivity (Wildman–Crippen MR) is 126 cm³/mol. The van der Waals surface area contributed by atoms with Gasteiger partial charge in [0.05, 0.1) is 18.0 Å². The molecule has 1 atom stereocenters. The monoisotopic (exact) mass is 468 g/mol. The number of aromatic nitrogens is 4. The van der Waals surface area contributed by atoms with Crippen molar-refractivity contribution in [1.82, 2.24) is 29.6 Å². The molecule has 2 N–H and O–H groups in total. The number of hydrogen-bond donors (Lipinski definition) is 2. The van der Waals surface area contributed by atoms with Gasteiger partial charge in [0, 0.05) is 70.0 Å². The van der Waals surface area contributed by atoms with Gasteiger partial charge in [-0.3, -0.25) is 9.69 Å². The summed E-state index contributed by atoms with van der Waals surface area (Å²) < 4.78 is 21.6. The molecule has 0 saturated carbocycles. The number of piperazine rings is 1. The quantitative estimate of drug-likeness (QED) is 0.564. The summed E-state index contributed by atoms with van der Waals surface area (Å²) >= 11 is 0. The minimum absolute atomic E-state index is 0.200. The molecule has 1 amide bonds. The predicted octanol–water partition coefficient (Wildman–Crippen LogP) is 1.71. The minimum atomic E-state index is -0.518. The summed E-state index contributed by atoms with van der Waals surface area (Å²) in [5, 5.41) is 6.11. The molecule has 5 heterocycles. The lowest BCUT2D eigenvalue weighted by atomic mass is 10.2. The van der Waals surface area contributed by atoms with Crippen molar-refractivity contribution in [2.45, 2.75) is 26.3 Å². The number of fused-ring (bicyclic) bond motifs is 1. The van der Waals surface area contributed by atoms with Crippen LogP contribution in [0.2, 0.25) is 0 Å². The molecular formula is C23H29FN8O2.